The van der Waals surface area contributed by atoms with Crippen molar-refractivity contribution in [3.8, 4) is 5.75 Å². The molecule has 1 aromatic rings. The second-order valence-corrected chi connectivity index (χ2v) is 5.79. The van der Waals surface area contributed by atoms with Crippen LogP contribution in [-0.4, -0.2) is 20.3 Å². The fraction of sp³-hybridized carbons (Fsp3) is 0.647. The predicted octanol–water partition coefficient (Wildman–Crippen LogP) is 3.51. The van der Waals surface area contributed by atoms with Crippen molar-refractivity contribution in [1.82, 2.24) is 5.32 Å². The first-order valence-electron chi connectivity index (χ1n) is 7.66. The quantitative estimate of drug-likeness (QED) is 0.863. The lowest BCUT2D eigenvalue weighted by molar-refractivity contribution is -0.0161. The molecule has 0 aliphatic heterocycles. The van der Waals surface area contributed by atoms with Gasteiger partial charge in [-0.25, -0.2) is 0 Å². The molecule has 0 heterocycles. The van der Waals surface area contributed by atoms with Crippen LogP contribution >= 0.6 is 0 Å². The summed E-state index contributed by atoms with van der Waals surface area (Å²) in [7, 11) is 3.68. The Kier molecular flexibility index (Phi) is 5.86. The third-order valence-electron chi connectivity index (χ3n) is 4.21. The monoisotopic (exact) mass is 277 g/mol. The van der Waals surface area contributed by atoms with Gasteiger partial charge in [-0.15, -0.1) is 0 Å². The van der Waals surface area contributed by atoms with E-state index in [0.717, 1.165) is 17.9 Å². The Labute approximate surface area is 122 Å². The summed E-state index contributed by atoms with van der Waals surface area (Å²) in [6.45, 7) is 3.82. The fourth-order valence-electron chi connectivity index (χ4n) is 2.99. The molecule has 0 saturated heterocycles. The molecule has 0 amide bonds. The average molecular weight is 277 g/mol. The van der Waals surface area contributed by atoms with E-state index in [2.05, 4.69) is 24.4 Å². The van der Waals surface area contributed by atoms with Gasteiger partial charge in [-0.3, -0.25) is 0 Å². The Morgan fingerprint density at radius 2 is 2.05 bits per heavy atom. The van der Waals surface area contributed by atoms with Crippen LogP contribution in [-0.2, 0) is 17.9 Å². The van der Waals surface area contributed by atoms with Crippen molar-refractivity contribution in [2.24, 2.45) is 5.92 Å². The van der Waals surface area contributed by atoms with Gasteiger partial charge in [0, 0.05) is 12.1 Å². The maximum atomic E-state index is 6.16. The van der Waals surface area contributed by atoms with E-state index in [1.54, 1.807) is 7.11 Å². The minimum Gasteiger partial charge on any atom is -0.496 e. The second-order valence-electron chi connectivity index (χ2n) is 5.79. The van der Waals surface area contributed by atoms with Gasteiger partial charge in [-0.2, -0.15) is 0 Å². The van der Waals surface area contributed by atoms with Gasteiger partial charge in [0.05, 0.1) is 19.8 Å². The lowest BCUT2D eigenvalue weighted by atomic mass is 9.88. The SMILES string of the molecule is CNCc1ccc(OC)c(COC2CCCCC2C)c1. The summed E-state index contributed by atoms with van der Waals surface area (Å²) >= 11 is 0. The summed E-state index contributed by atoms with van der Waals surface area (Å²) in [4.78, 5) is 0. The molecule has 1 N–H and O–H groups in total. The molecule has 1 saturated carbocycles. The highest BCUT2D eigenvalue weighted by atomic mass is 16.5. The van der Waals surface area contributed by atoms with Crippen molar-refractivity contribution >= 4 is 0 Å². The summed E-state index contributed by atoms with van der Waals surface area (Å²) in [5, 5.41) is 3.18. The lowest BCUT2D eigenvalue weighted by Gasteiger charge is -2.29. The molecule has 0 radical (unpaired) electrons. The smallest absolute Gasteiger partial charge is 0.124 e. The van der Waals surface area contributed by atoms with Crippen LogP contribution in [0.15, 0.2) is 18.2 Å². The molecule has 0 bridgehead atoms. The van der Waals surface area contributed by atoms with Crippen molar-refractivity contribution in [1.29, 1.82) is 0 Å². The van der Waals surface area contributed by atoms with E-state index >= 15 is 0 Å². The summed E-state index contributed by atoms with van der Waals surface area (Å²) < 4.78 is 11.6. The van der Waals surface area contributed by atoms with Gasteiger partial charge >= 0.3 is 0 Å². The summed E-state index contributed by atoms with van der Waals surface area (Å²) in [6.07, 6.45) is 5.54. The normalized spacial score (nSPS) is 22.8. The Morgan fingerprint density at radius 3 is 2.75 bits per heavy atom. The zero-order valence-electron chi connectivity index (χ0n) is 12.9. The molecule has 1 aliphatic rings. The third kappa shape index (κ3) is 3.97. The van der Waals surface area contributed by atoms with Gasteiger partial charge < -0.3 is 14.8 Å². The molecule has 1 fully saturated rings. The van der Waals surface area contributed by atoms with E-state index < -0.39 is 0 Å². The number of rotatable bonds is 6. The maximum absolute atomic E-state index is 6.16. The van der Waals surface area contributed by atoms with Crippen LogP contribution in [0.3, 0.4) is 0 Å². The fourth-order valence-corrected chi connectivity index (χ4v) is 2.99. The first-order valence-corrected chi connectivity index (χ1v) is 7.66. The third-order valence-corrected chi connectivity index (χ3v) is 4.21. The molecule has 2 rings (SSSR count). The molecular formula is C17H27NO2. The van der Waals surface area contributed by atoms with Crippen molar-refractivity contribution in [2.75, 3.05) is 14.2 Å². The molecule has 3 heteroatoms. The number of methoxy groups -OCH3 is 1. The lowest BCUT2D eigenvalue weighted by Crippen LogP contribution is -2.25. The molecule has 2 atom stereocenters. The van der Waals surface area contributed by atoms with E-state index in [4.69, 9.17) is 9.47 Å². The first kappa shape index (κ1) is 15.3. The van der Waals surface area contributed by atoms with Gasteiger partial charge in [-0.05, 0) is 43.5 Å². The van der Waals surface area contributed by atoms with E-state index in [1.165, 1.54) is 31.2 Å². The minimum absolute atomic E-state index is 0.404. The maximum Gasteiger partial charge on any atom is 0.124 e. The average Bonchev–Trinajstić information content (AvgIpc) is 2.47. The predicted molar refractivity (Wildman–Crippen MR) is 82.0 cm³/mol. The Hall–Kier alpha value is -1.06. The van der Waals surface area contributed by atoms with Gasteiger partial charge in [-0.1, -0.05) is 25.8 Å². The Bertz CT molecular complexity index is 419. The van der Waals surface area contributed by atoms with Gasteiger partial charge in [0.25, 0.3) is 0 Å². The number of hydrogen-bond donors (Lipinski definition) is 1. The van der Waals surface area contributed by atoms with Gasteiger partial charge in [0.1, 0.15) is 5.75 Å². The molecule has 1 aliphatic carbocycles. The Morgan fingerprint density at radius 1 is 1.25 bits per heavy atom. The van der Waals surface area contributed by atoms with E-state index in [0.29, 0.717) is 18.6 Å². The summed E-state index contributed by atoms with van der Waals surface area (Å²) in [5.74, 6) is 1.60. The van der Waals surface area contributed by atoms with E-state index in [-0.39, 0.29) is 0 Å². The molecule has 2 unspecified atom stereocenters. The second kappa shape index (κ2) is 7.65. The highest BCUT2D eigenvalue weighted by Crippen LogP contribution is 2.28. The number of ether oxygens (including phenoxy) is 2. The van der Waals surface area contributed by atoms with Crippen LogP contribution in [0.5, 0.6) is 5.75 Å². The zero-order valence-corrected chi connectivity index (χ0v) is 12.9. The standard InChI is InChI=1S/C17H27NO2/c1-13-6-4-5-7-16(13)20-12-15-10-14(11-18-2)8-9-17(15)19-3/h8-10,13,16,18H,4-7,11-12H2,1-3H3. The van der Waals surface area contributed by atoms with E-state index in [9.17, 15) is 0 Å². The van der Waals surface area contributed by atoms with Crippen LogP contribution in [0.25, 0.3) is 0 Å². The van der Waals surface area contributed by atoms with Gasteiger partial charge in [0.15, 0.2) is 0 Å². The van der Waals surface area contributed by atoms with E-state index in [1.807, 2.05) is 13.1 Å². The van der Waals surface area contributed by atoms with Crippen molar-refractivity contribution in [3.05, 3.63) is 29.3 Å². The van der Waals surface area contributed by atoms with Crippen LogP contribution in [0.2, 0.25) is 0 Å². The minimum atomic E-state index is 0.404. The highest BCUT2D eigenvalue weighted by Gasteiger charge is 2.22. The van der Waals surface area contributed by atoms with Crippen LogP contribution in [0.4, 0.5) is 0 Å². The number of hydrogen-bond acceptors (Lipinski definition) is 3. The molecule has 0 aromatic heterocycles. The number of nitrogens with one attached hydrogen (secondary N) is 1. The highest BCUT2D eigenvalue weighted by molar-refractivity contribution is 5.36. The first-order chi connectivity index (χ1) is 9.74. The Balaban J connectivity index is 2.01. The van der Waals surface area contributed by atoms with Crippen molar-refractivity contribution in [3.63, 3.8) is 0 Å². The largest absolute Gasteiger partial charge is 0.496 e. The molecular weight excluding hydrogens is 250 g/mol. The zero-order chi connectivity index (χ0) is 14.4. The van der Waals surface area contributed by atoms with Crippen molar-refractivity contribution in [2.45, 2.75) is 51.9 Å². The molecule has 112 valence electrons. The topological polar surface area (TPSA) is 30.5 Å². The molecule has 20 heavy (non-hydrogen) atoms. The van der Waals surface area contributed by atoms with Gasteiger partial charge in [0.2, 0.25) is 0 Å². The number of benzene rings is 1. The molecule has 0 spiro atoms. The molecule has 1 aromatic carbocycles. The molecule has 3 nitrogen and oxygen atoms in total. The van der Waals surface area contributed by atoms with Crippen LogP contribution in [0.1, 0.15) is 43.7 Å². The summed E-state index contributed by atoms with van der Waals surface area (Å²) in [5.41, 5.74) is 2.42. The van der Waals surface area contributed by atoms with Crippen molar-refractivity contribution < 1.29 is 9.47 Å². The van der Waals surface area contributed by atoms with Crippen LogP contribution < -0.4 is 10.1 Å². The van der Waals surface area contributed by atoms with Crippen LogP contribution in [0, 0.1) is 5.92 Å². The summed E-state index contributed by atoms with van der Waals surface area (Å²) in [6, 6.07) is 6.32.